The number of rotatable bonds is 9. The zero-order valence-electron chi connectivity index (χ0n) is 31.3. The summed E-state index contributed by atoms with van der Waals surface area (Å²) in [6.07, 6.45) is 2.30. The topological polar surface area (TPSA) is 195 Å². The van der Waals surface area contributed by atoms with Gasteiger partial charge in [-0.15, -0.1) is 0 Å². The van der Waals surface area contributed by atoms with Crippen LogP contribution in [0.25, 0.3) is 44.0 Å². The van der Waals surface area contributed by atoms with E-state index in [-0.39, 0.29) is 50.1 Å². The number of pyridine rings is 2. The third kappa shape index (κ3) is 7.14. The minimum absolute atomic E-state index is 0.0130. The SMILES string of the molecule is C[C@H](Nc1nc(N)ncc1F)c1cc2cccc(Cl)c2c(=O)n1-c1cccc(-c2ccc3cc([C@H](C)Nc4nc(N)ncc4C#N)n(-c4ccccc4)c(=O)c3c2Cl)c1. The van der Waals surface area contributed by atoms with Crippen molar-refractivity contribution < 1.29 is 4.39 Å². The number of benzene rings is 4. The summed E-state index contributed by atoms with van der Waals surface area (Å²) in [6.45, 7) is 3.60. The smallest absolute Gasteiger partial charge is 0.264 e. The molecular formula is C43H32Cl2FN11O2. The molecule has 0 bridgehead atoms. The first-order valence-corrected chi connectivity index (χ1v) is 18.9. The van der Waals surface area contributed by atoms with E-state index in [1.54, 1.807) is 60.0 Å². The molecule has 0 saturated heterocycles. The van der Waals surface area contributed by atoms with E-state index < -0.39 is 23.5 Å². The summed E-state index contributed by atoms with van der Waals surface area (Å²) in [5, 5.41) is 18.1. The number of hydrogen-bond donors (Lipinski definition) is 4. The van der Waals surface area contributed by atoms with Crippen LogP contribution in [0.3, 0.4) is 0 Å². The van der Waals surface area contributed by atoms with Crippen LogP contribution in [0.2, 0.25) is 10.0 Å². The van der Waals surface area contributed by atoms with E-state index in [2.05, 4.69) is 36.6 Å². The van der Waals surface area contributed by atoms with Crippen molar-refractivity contribution in [2.75, 3.05) is 22.1 Å². The molecule has 0 radical (unpaired) electrons. The van der Waals surface area contributed by atoms with E-state index in [4.69, 9.17) is 34.7 Å². The van der Waals surface area contributed by atoms with Gasteiger partial charge in [-0.3, -0.25) is 18.7 Å². The van der Waals surface area contributed by atoms with Crippen molar-refractivity contribution in [3.63, 3.8) is 0 Å². The molecule has 0 aliphatic carbocycles. The van der Waals surface area contributed by atoms with Gasteiger partial charge in [0.25, 0.3) is 11.1 Å². The molecule has 4 aromatic heterocycles. The van der Waals surface area contributed by atoms with Gasteiger partial charge in [0, 0.05) is 28.3 Å². The molecule has 16 heteroatoms. The highest BCUT2D eigenvalue weighted by Crippen LogP contribution is 2.36. The van der Waals surface area contributed by atoms with E-state index in [0.29, 0.717) is 50.0 Å². The van der Waals surface area contributed by atoms with Crippen LogP contribution in [0.4, 0.5) is 27.9 Å². The number of halogens is 3. The number of nitrogens with one attached hydrogen (secondary N) is 2. The third-order valence-electron chi connectivity index (χ3n) is 9.89. The van der Waals surface area contributed by atoms with Crippen LogP contribution in [-0.4, -0.2) is 29.1 Å². The van der Waals surface area contributed by atoms with Gasteiger partial charge in [-0.25, -0.2) is 14.4 Å². The number of nitrogens with zero attached hydrogens (tertiary/aromatic N) is 7. The van der Waals surface area contributed by atoms with Gasteiger partial charge in [0.1, 0.15) is 17.5 Å². The fourth-order valence-corrected chi connectivity index (χ4v) is 7.76. The van der Waals surface area contributed by atoms with Crippen molar-refractivity contribution >= 4 is 68.3 Å². The Bertz CT molecular complexity index is 3130. The number of nitriles is 1. The van der Waals surface area contributed by atoms with Gasteiger partial charge in [0.2, 0.25) is 11.9 Å². The lowest BCUT2D eigenvalue weighted by Crippen LogP contribution is -2.26. The molecule has 0 aliphatic rings. The molecule has 0 spiro atoms. The van der Waals surface area contributed by atoms with Gasteiger partial charge in [-0.05, 0) is 72.6 Å². The number of fused-ring (bicyclic) bond motifs is 2. The molecule has 13 nitrogen and oxygen atoms in total. The normalized spacial score (nSPS) is 12.3. The molecule has 59 heavy (non-hydrogen) atoms. The molecule has 8 rings (SSSR count). The Kier molecular flexibility index (Phi) is 10.1. The lowest BCUT2D eigenvalue weighted by atomic mass is 9.99. The lowest BCUT2D eigenvalue weighted by Gasteiger charge is -2.23. The Morgan fingerprint density at radius 2 is 1.31 bits per heavy atom. The summed E-state index contributed by atoms with van der Waals surface area (Å²) in [6, 6.07) is 29.5. The van der Waals surface area contributed by atoms with Crippen LogP contribution in [0, 0.1) is 17.1 Å². The van der Waals surface area contributed by atoms with E-state index >= 15 is 0 Å². The molecule has 4 aromatic carbocycles. The van der Waals surface area contributed by atoms with Crippen LogP contribution in [0.15, 0.2) is 119 Å². The molecule has 0 amide bonds. The second kappa shape index (κ2) is 15.5. The van der Waals surface area contributed by atoms with Gasteiger partial charge in [0.05, 0.1) is 45.3 Å². The summed E-state index contributed by atoms with van der Waals surface area (Å²) in [5.74, 6) is -0.762. The molecule has 292 valence electrons. The summed E-state index contributed by atoms with van der Waals surface area (Å²) < 4.78 is 17.9. The van der Waals surface area contributed by atoms with Crippen LogP contribution in [0.5, 0.6) is 0 Å². The average Bonchev–Trinajstić information content (AvgIpc) is 3.22. The van der Waals surface area contributed by atoms with Crippen molar-refractivity contribution in [2.24, 2.45) is 0 Å². The van der Waals surface area contributed by atoms with Crippen molar-refractivity contribution in [1.82, 2.24) is 29.1 Å². The maximum atomic E-state index is 14.8. The number of nitrogens with two attached hydrogens (primary N) is 2. The quantitative estimate of drug-likeness (QED) is 0.109. The number of para-hydroxylation sites is 1. The zero-order chi connectivity index (χ0) is 41.5. The first kappa shape index (κ1) is 38.5. The van der Waals surface area contributed by atoms with Crippen LogP contribution in [-0.2, 0) is 0 Å². The Morgan fingerprint density at radius 1 is 0.712 bits per heavy atom. The summed E-state index contributed by atoms with van der Waals surface area (Å²) >= 11 is 13.8. The standard InChI is InChI=1S/C43H32Cl2FN11O2/c1-22(52-38-27(19-47)20-50-42(48)54-38)33-18-26-14-15-30(37(45)36(26)41(59)56(33)28-10-4-3-5-11-28)24-8-6-12-29(16-24)57-34(17-25-9-7-13-31(44)35(25)40(57)58)23(2)53-39-32(46)21-51-43(49)55-39/h3-18,20-23H,1-2H3,(H3,48,50,52,54)(H3,49,51,53,55)/t22-,23-/m0/s1. The minimum atomic E-state index is -0.718. The highest BCUT2D eigenvalue weighted by atomic mass is 35.5. The van der Waals surface area contributed by atoms with Gasteiger partial charge >= 0.3 is 0 Å². The van der Waals surface area contributed by atoms with Crippen molar-refractivity contribution in [2.45, 2.75) is 25.9 Å². The Morgan fingerprint density at radius 3 is 2.02 bits per heavy atom. The molecule has 0 aliphatic heterocycles. The molecule has 2 atom stereocenters. The summed E-state index contributed by atoms with van der Waals surface area (Å²) in [5.41, 5.74) is 14.2. The Balaban J connectivity index is 1.27. The van der Waals surface area contributed by atoms with Crippen LogP contribution < -0.4 is 33.2 Å². The molecule has 0 fully saturated rings. The van der Waals surface area contributed by atoms with E-state index in [0.717, 1.165) is 6.20 Å². The molecule has 0 unspecified atom stereocenters. The summed E-state index contributed by atoms with van der Waals surface area (Å²) in [4.78, 5) is 45.0. The molecule has 8 aromatic rings. The highest BCUT2D eigenvalue weighted by Gasteiger charge is 2.23. The number of aromatic nitrogens is 6. The average molecular weight is 825 g/mol. The lowest BCUT2D eigenvalue weighted by molar-refractivity contribution is 0.613. The van der Waals surface area contributed by atoms with Gasteiger partial charge in [-0.2, -0.15) is 15.2 Å². The molecule has 0 saturated carbocycles. The Hall–Kier alpha value is -7.34. The van der Waals surface area contributed by atoms with Crippen molar-refractivity contribution in [3.8, 4) is 28.6 Å². The van der Waals surface area contributed by atoms with Gasteiger partial charge < -0.3 is 22.1 Å². The van der Waals surface area contributed by atoms with Gasteiger partial charge in [0.15, 0.2) is 11.6 Å². The van der Waals surface area contributed by atoms with E-state index in [1.165, 1.54) is 10.8 Å². The summed E-state index contributed by atoms with van der Waals surface area (Å²) in [7, 11) is 0. The maximum absolute atomic E-state index is 14.8. The van der Waals surface area contributed by atoms with Crippen LogP contribution >= 0.6 is 23.2 Å². The Labute approximate surface area is 345 Å². The first-order valence-electron chi connectivity index (χ1n) is 18.2. The van der Waals surface area contributed by atoms with Crippen molar-refractivity contribution in [3.05, 3.63) is 163 Å². The van der Waals surface area contributed by atoms with Gasteiger partial charge in [-0.1, -0.05) is 77.8 Å². The fraction of sp³-hybridized carbons (Fsp3) is 0.0930. The molecular weight excluding hydrogens is 792 g/mol. The fourth-order valence-electron chi connectivity index (χ4n) is 7.13. The van der Waals surface area contributed by atoms with Crippen molar-refractivity contribution in [1.29, 1.82) is 5.26 Å². The second-order valence-corrected chi connectivity index (χ2v) is 14.4. The van der Waals surface area contributed by atoms with Crippen LogP contribution in [0.1, 0.15) is 42.9 Å². The van der Waals surface area contributed by atoms with E-state index in [9.17, 15) is 19.2 Å². The maximum Gasteiger partial charge on any atom is 0.264 e. The largest absolute Gasteiger partial charge is 0.368 e. The van der Waals surface area contributed by atoms with E-state index in [1.807, 2.05) is 55.5 Å². The molecule has 4 heterocycles. The number of anilines is 4. The zero-order valence-corrected chi connectivity index (χ0v) is 32.8. The number of hydrogen-bond acceptors (Lipinski definition) is 11. The highest BCUT2D eigenvalue weighted by molar-refractivity contribution is 6.38. The predicted molar refractivity (Wildman–Crippen MR) is 230 cm³/mol. The monoisotopic (exact) mass is 823 g/mol. The molecule has 6 N–H and O–H groups in total. The number of nitrogen functional groups attached to an aromatic ring is 2. The first-order chi connectivity index (χ1) is 28.4. The predicted octanol–water partition coefficient (Wildman–Crippen LogP) is 8.37. The minimum Gasteiger partial charge on any atom is -0.368 e. The third-order valence-corrected chi connectivity index (χ3v) is 10.6. The second-order valence-electron chi connectivity index (χ2n) is 13.7.